The van der Waals surface area contributed by atoms with E-state index in [0.29, 0.717) is 18.1 Å². The van der Waals surface area contributed by atoms with Gasteiger partial charge < -0.3 is 14.6 Å². The minimum Gasteiger partial charge on any atom is -0.497 e. The first kappa shape index (κ1) is 18.6. The van der Waals surface area contributed by atoms with Crippen molar-refractivity contribution < 1.29 is 14.1 Å². The summed E-state index contributed by atoms with van der Waals surface area (Å²) in [5, 5.41) is 7.00. The van der Waals surface area contributed by atoms with Crippen LogP contribution in [0.2, 0.25) is 0 Å². The Morgan fingerprint density at radius 2 is 1.93 bits per heavy atom. The molecular formula is C21H23N3O3. The average molecular weight is 365 g/mol. The van der Waals surface area contributed by atoms with Crippen molar-refractivity contribution in [2.75, 3.05) is 7.11 Å². The van der Waals surface area contributed by atoms with Gasteiger partial charge in [-0.2, -0.15) is 4.98 Å². The molecule has 0 aliphatic rings. The maximum absolute atomic E-state index is 12.2. The fraction of sp³-hybridized carbons (Fsp3) is 0.286. The van der Waals surface area contributed by atoms with E-state index in [4.69, 9.17) is 9.26 Å². The van der Waals surface area contributed by atoms with Gasteiger partial charge in [0.15, 0.2) is 0 Å². The third kappa shape index (κ3) is 4.73. The summed E-state index contributed by atoms with van der Waals surface area (Å²) in [6.45, 7) is 3.95. The number of methoxy groups -OCH3 is 1. The summed E-state index contributed by atoms with van der Waals surface area (Å²) < 4.78 is 10.4. The number of nitrogens with zero attached hydrogens (tertiary/aromatic N) is 2. The molecule has 0 saturated heterocycles. The zero-order chi connectivity index (χ0) is 19.2. The lowest BCUT2D eigenvalue weighted by molar-refractivity contribution is -0.121. The van der Waals surface area contributed by atoms with Crippen LogP contribution < -0.4 is 10.1 Å². The number of hydrogen-bond donors (Lipinski definition) is 1. The minimum atomic E-state index is -0.0892. The van der Waals surface area contributed by atoms with Crippen LogP contribution in [0.3, 0.4) is 0 Å². The predicted octanol–water partition coefficient (Wildman–Crippen LogP) is 3.86. The largest absolute Gasteiger partial charge is 0.497 e. The highest BCUT2D eigenvalue weighted by atomic mass is 16.5. The third-order valence-corrected chi connectivity index (χ3v) is 4.41. The lowest BCUT2D eigenvalue weighted by atomic mass is 10.1. The Balaban J connectivity index is 1.54. The van der Waals surface area contributed by atoms with Crippen LogP contribution in [-0.2, 0) is 11.2 Å². The summed E-state index contributed by atoms with van der Waals surface area (Å²) in [4.78, 5) is 16.6. The Morgan fingerprint density at radius 3 is 2.63 bits per heavy atom. The second kappa shape index (κ2) is 8.49. The topological polar surface area (TPSA) is 77.2 Å². The van der Waals surface area contributed by atoms with Crippen molar-refractivity contribution in [3.05, 3.63) is 65.5 Å². The summed E-state index contributed by atoms with van der Waals surface area (Å²) in [5.41, 5.74) is 3.03. The van der Waals surface area contributed by atoms with E-state index in [0.717, 1.165) is 22.4 Å². The maximum Gasteiger partial charge on any atom is 0.227 e. The molecule has 0 aliphatic heterocycles. The van der Waals surface area contributed by atoms with Crippen LogP contribution in [0.4, 0.5) is 0 Å². The van der Waals surface area contributed by atoms with Crippen molar-refractivity contribution in [1.29, 1.82) is 0 Å². The molecule has 0 saturated carbocycles. The highest BCUT2D eigenvalue weighted by Gasteiger charge is 2.14. The quantitative estimate of drug-likeness (QED) is 0.688. The molecule has 1 heterocycles. The Kier molecular flexibility index (Phi) is 5.86. The summed E-state index contributed by atoms with van der Waals surface area (Å²) in [5.74, 6) is 1.74. The van der Waals surface area contributed by atoms with Gasteiger partial charge in [0.25, 0.3) is 0 Å². The molecule has 0 aliphatic carbocycles. The van der Waals surface area contributed by atoms with Crippen LogP contribution in [-0.4, -0.2) is 23.2 Å². The summed E-state index contributed by atoms with van der Waals surface area (Å²) in [6, 6.07) is 15.4. The van der Waals surface area contributed by atoms with E-state index in [2.05, 4.69) is 15.5 Å². The molecule has 27 heavy (non-hydrogen) atoms. The number of aromatic nitrogens is 2. The van der Waals surface area contributed by atoms with Crippen LogP contribution in [0.5, 0.6) is 5.75 Å². The zero-order valence-electron chi connectivity index (χ0n) is 15.7. The monoisotopic (exact) mass is 365 g/mol. The molecular weight excluding hydrogens is 342 g/mol. The number of carbonyl (C=O) groups is 1. The number of rotatable bonds is 7. The standard InChI is InChI=1S/C21H23N3O3/c1-14-6-4-5-7-18(14)21-23-20(27-24-21)13-12-19(25)22-15(2)16-8-10-17(26-3)11-9-16/h4-11,15H,12-13H2,1-3H3,(H,22,25)/t15-/m1/s1. The van der Waals surface area contributed by atoms with Crippen LogP contribution in [0.15, 0.2) is 53.1 Å². The van der Waals surface area contributed by atoms with Crippen molar-refractivity contribution in [2.45, 2.75) is 32.7 Å². The lowest BCUT2D eigenvalue weighted by Crippen LogP contribution is -2.26. The third-order valence-electron chi connectivity index (χ3n) is 4.41. The Hall–Kier alpha value is -3.15. The molecule has 6 nitrogen and oxygen atoms in total. The molecule has 0 radical (unpaired) electrons. The van der Waals surface area contributed by atoms with Gasteiger partial charge in [-0.15, -0.1) is 0 Å². The highest BCUT2D eigenvalue weighted by Crippen LogP contribution is 2.20. The molecule has 0 bridgehead atoms. The number of benzene rings is 2. The van der Waals surface area contributed by atoms with E-state index in [-0.39, 0.29) is 18.4 Å². The van der Waals surface area contributed by atoms with Gasteiger partial charge >= 0.3 is 0 Å². The van der Waals surface area contributed by atoms with Gasteiger partial charge in [-0.1, -0.05) is 41.6 Å². The van der Waals surface area contributed by atoms with E-state index in [9.17, 15) is 4.79 Å². The Morgan fingerprint density at radius 1 is 1.19 bits per heavy atom. The average Bonchev–Trinajstić information content (AvgIpc) is 3.15. The first-order valence-corrected chi connectivity index (χ1v) is 8.88. The van der Waals surface area contributed by atoms with E-state index in [1.807, 2.05) is 62.4 Å². The van der Waals surface area contributed by atoms with E-state index < -0.39 is 0 Å². The first-order valence-electron chi connectivity index (χ1n) is 8.88. The molecule has 1 atom stereocenters. The molecule has 0 unspecified atom stereocenters. The molecule has 6 heteroatoms. The number of amides is 1. The van der Waals surface area contributed by atoms with Crippen LogP contribution in [0.25, 0.3) is 11.4 Å². The smallest absolute Gasteiger partial charge is 0.227 e. The number of carbonyl (C=O) groups excluding carboxylic acids is 1. The van der Waals surface area contributed by atoms with Gasteiger partial charge in [0.1, 0.15) is 5.75 Å². The molecule has 2 aromatic carbocycles. The van der Waals surface area contributed by atoms with Gasteiger partial charge in [-0.05, 0) is 37.1 Å². The van der Waals surface area contributed by atoms with Crippen molar-refractivity contribution >= 4 is 5.91 Å². The van der Waals surface area contributed by atoms with Crippen molar-refractivity contribution in [1.82, 2.24) is 15.5 Å². The van der Waals surface area contributed by atoms with Crippen LogP contribution in [0, 0.1) is 6.92 Å². The normalized spacial score (nSPS) is 11.8. The van der Waals surface area contributed by atoms with E-state index in [1.54, 1.807) is 7.11 Å². The van der Waals surface area contributed by atoms with Gasteiger partial charge in [0.2, 0.25) is 17.6 Å². The summed E-state index contributed by atoms with van der Waals surface area (Å²) >= 11 is 0. The van der Waals surface area contributed by atoms with Gasteiger partial charge in [-0.3, -0.25) is 4.79 Å². The van der Waals surface area contributed by atoms with Gasteiger partial charge in [0, 0.05) is 18.4 Å². The van der Waals surface area contributed by atoms with Crippen molar-refractivity contribution in [3.8, 4) is 17.1 Å². The second-order valence-electron chi connectivity index (χ2n) is 6.39. The molecule has 3 rings (SSSR count). The first-order chi connectivity index (χ1) is 13.1. The SMILES string of the molecule is COc1ccc([C@@H](C)NC(=O)CCc2nc(-c3ccccc3C)no2)cc1. The summed E-state index contributed by atoms with van der Waals surface area (Å²) in [7, 11) is 1.63. The second-order valence-corrected chi connectivity index (χ2v) is 6.39. The van der Waals surface area contributed by atoms with E-state index in [1.165, 1.54) is 0 Å². The Labute approximate surface area is 158 Å². The fourth-order valence-corrected chi connectivity index (χ4v) is 2.80. The molecule has 0 fully saturated rings. The molecule has 1 N–H and O–H groups in total. The van der Waals surface area contributed by atoms with Crippen LogP contribution >= 0.6 is 0 Å². The molecule has 1 amide bonds. The number of ether oxygens (including phenoxy) is 1. The summed E-state index contributed by atoms with van der Waals surface area (Å²) in [6.07, 6.45) is 0.690. The fourth-order valence-electron chi connectivity index (χ4n) is 2.80. The highest BCUT2D eigenvalue weighted by molar-refractivity contribution is 5.76. The van der Waals surface area contributed by atoms with Gasteiger partial charge in [-0.25, -0.2) is 0 Å². The lowest BCUT2D eigenvalue weighted by Gasteiger charge is -2.14. The molecule has 140 valence electrons. The van der Waals surface area contributed by atoms with Gasteiger partial charge in [0.05, 0.1) is 13.2 Å². The van der Waals surface area contributed by atoms with Crippen molar-refractivity contribution in [3.63, 3.8) is 0 Å². The van der Waals surface area contributed by atoms with E-state index >= 15 is 0 Å². The van der Waals surface area contributed by atoms with Crippen LogP contribution in [0.1, 0.15) is 36.4 Å². The number of hydrogen-bond acceptors (Lipinski definition) is 5. The zero-order valence-corrected chi connectivity index (χ0v) is 15.7. The number of aryl methyl sites for hydroxylation is 2. The molecule has 3 aromatic rings. The molecule has 0 spiro atoms. The predicted molar refractivity (Wildman–Crippen MR) is 102 cm³/mol. The minimum absolute atomic E-state index is 0.0611. The molecule has 1 aromatic heterocycles. The number of nitrogens with one attached hydrogen (secondary N) is 1. The Bertz CT molecular complexity index is 903. The maximum atomic E-state index is 12.2. The van der Waals surface area contributed by atoms with Crippen molar-refractivity contribution in [2.24, 2.45) is 0 Å².